The van der Waals surface area contributed by atoms with Crippen molar-refractivity contribution in [3.63, 3.8) is 0 Å². The molecule has 0 radical (unpaired) electrons. The van der Waals surface area contributed by atoms with Crippen LogP contribution in [-0.4, -0.2) is 29.9 Å². The minimum Gasteiger partial charge on any atom is -0.345 e. The lowest BCUT2D eigenvalue weighted by molar-refractivity contribution is 0.0827. The Balaban J connectivity index is 2.15. The summed E-state index contributed by atoms with van der Waals surface area (Å²) in [5, 5.41) is 0. The molecule has 1 fully saturated rings. The summed E-state index contributed by atoms with van der Waals surface area (Å²) < 4.78 is 0. The van der Waals surface area contributed by atoms with E-state index >= 15 is 0 Å². The first-order valence-corrected chi connectivity index (χ1v) is 7.03. The van der Waals surface area contributed by atoms with Gasteiger partial charge in [-0.2, -0.15) is 0 Å². The molecule has 0 aromatic carbocycles. The molecule has 102 valence electrons. The predicted molar refractivity (Wildman–Crippen MR) is 77.9 cm³/mol. The van der Waals surface area contributed by atoms with Crippen LogP contribution < -0.4 is 0 Å². The van der Waals surface area contributed by atoms with Gasteiger partial charge in [0.25, 0.3) is 5.91 Å². The third kappa shape index (κ3) is 3.66. The Morgan fingerprint density at radius 1 is 1.32 bits per heavy atom. The number of aromatic nitrogens is 1. The smallest absolute Gasteiger partial charge is 0.255 e. The molecule has 0 N–H and O–H groups in total. The fourth-order valence-electron chi connectivity index (χ4n) is 2.53. The zero-order valence-corrected chi connectivity index (χ0v) is 11.8. The molecule has 3 nitrogen and oxygen atoms in total. The van der Waals surface area contributed by atoms with Crippen LogP contribution in [0, 0.1) is 5.92 Å². The normalized spacial score (nSPS) is 16.7. The van der Waals surface area contributed by atoms with Gasteiger partial charge in [0.15, 0.2) is 0 Å². The Hall–Kier alpha value is -1.64. The zero-order valence-electron chi connectivity index (χ0n) is 11.8. The molecule has 1 aromatic heterocycles. The van der Waals surface area contributed by atoms with Crippen LogP contribution in [0.5, 0.6) is 0 Å². The van der Waals surface area contributed by atoms with Crippen molar-refractivity contribution in [1.82, 2.24) is 9.88 Å². The van der Waals surface area contributed by atoms with Crippen LogP contribution in [0.4, 0.5) is 0 Å². The second kappa shape index (κ2) is 6.50. The number of nitrogens with zero attached hydrogens (tertiary/aromatic N) is 2. The van der Waals surface area contributed by atoms with E-state index < -0.39 is 0 Å². The summed E-state index contributed by atoms with van der Waals surface area (Å²) in [6.07, 6.45) is 12.5. The van der Waals surface area contributed by atoms with Crippen LogP contribution in [0.1, 0.15) is 48.2 Å². The number of carbonyl (C=O) groups excluding carboxylic acids is 1. The molecule has 0 saturated heterocycles. The molecule has 1 saturated carbocycles. The van der Waals surface area contributed by atoms with E-state index in [4.69, 9.17) is 0 Å². The molecule has 1 aromatic rings. The molecule has 2 rings (SSSR count). The van der Waals surface area contributed by atoms with E-state index in [0.29, 0.717) is 11.5 Å². The Bertz CT molecular complexity index is 460. The van der Waals surface area contributed by atoms with Gasteiger partial charge in [-0.15, -0.1) is 0 Å². The van der Waals surface area contributed by atoms with Gasteiger partial charge in [-0.1, -0.05) is 25.3 Å². The monoisotopic (exact) mass is 258 g/mol. The van der Waals surface area contributed by atoms with Crippen molar-refractivity contribution >= 4 is 12.0 Å². The lowest BCUT2D eigenvalue weighted by Gasteiger charge is -2.18. The Morgan fingerprint density at radius 3 is 2.74 bits per heavy atom. The average Bonchev–Trinajstić information content (AvgIpc) is 2.45. The Labute approximate surface area is 115 Å². The van der Waals surface area contributed by atoms with Gasteiger partial charge in [-0.05, 0) is 37.0 Å². The van der Waals surface area contributed by atoms with Crippen LogP contribution in [-0.2, 0) is 0 Å². The molecule has 19 heavy (non-hydrogen) atoms. The van der Waals surface area contributed by atoms with E-state index in [2.05, 4.69) is 11.1 Å². The number of rotatable bonds is 3. The molecule has 0 bridgehead atoms. The summed E-state index contributed by atoms with van der Waals surface area (Å²) in [5.41, 5.74) is 1.46. The van der Waals surface area contributed by atoms with Crippen molar-refractivity contribution in [1.29, 1.82) is 0 Å². The van der Waals surface area contributed by atoms with Gasteiger partial charge in [0.1, 0.15) is 0 Å². The second-order valence-electron chi connectivity index (χ2n) is 5.39. The molecular weight excluding hydrogens is 236 g/mol. The maximum absolute atomic E-state index is 12.1. The van der Waals surface area contributed by atoms with Crippen molar-refractivity contribution in [3.8, 4) is 0 Å². The van der Waals surface area contributed by atoms with Gasteiger partial charge in [-0.25, -0.2) is 0 Å². The van der Waals surface area contributed by atoms with Crippen molar-refractivity contribution in [3.05, 3.63) is 35.7 Å². The molecule has 0 unspecified atom stereocenters. The standard InChI is InChI=1S/C16H22N2O/c1-18(2)16(19)14-9-6-12-17-15(14)11-10-13-7-4-3-5-8-13/h6,9-13H,3-5,7-8H2,1-2H3/b11-10+. The minimum atomic E-state index is 0.0106. The number of hydrogen-bond donors (Lipinski definition) is 0. The topological polar surface area (TPSA) is 33.2 Å². The van der Waals surface area contributed by atoms with Gasteiger partial charge in [0.05, 0.1) is 11.3 Å². The molecule has 0 aliphatic heterocycles. The van der Waals surface area contributed by atoms with Crippen molar-refractivity contribution < 1.29 is 4.79 Å². The lowest BCUT2D eigenvalue weighted by atomic mass is 9.89. The van der Waals surface area contributed by atoms with E-state index in [1.807, 2.05) is 18.2 Å². The zero-order chi connectivity index (χ0) is 13.7. The largest absolute Gasteiger partial charge is 0.345 e. The Morgan fingerprint density at radius 2 is 2.05 bits per heavy atom. The second-order valence-corrected chi connectivity index (χ2v) is 5.39. The summed E-state index contributed by atoms with van der Waals surface area (Å²) in [4.78, 5) is 18.0. The lowest BCUT2D eigenvalue weighted by Crippen LogP contribution is -2.22. The molecule has 0 atom stereocenters. The summed E-state index contributed by atoms with van der Waals surface area (Å²) in [7, 11) is 3.54. The molecule has 1 aliphatic rings. The first-order chi connectivity index (χ1) is 9.18. The van der Waals surface area contributed by atoms with E-state index in [1.54, 1.807) is 25.2 Å². The van der Waals surface area contributed by atoms with Crippen LogP contribution >= 0.6 is 0 Å². The quantitative estimate of drug-likeness (QED) is 0.832. The number of hydrogen-bond acceptors (Lipinski definition) is 2. The molecule has 1 heterocycles. The fourth-order valence-corrected chi connectivity index (χ4v) is 2.53. The van der Waals surface area contributed by atoms with Crippen molar-refractivity contribution in [2.75, 3.05) is 14.1 Å². The fraction of sp³-hybridized carbons (Fsp3) is 0.500. The van der Waals surface area contributed by atoms with Gasteiger partial charge >= 0.3 is 0 Å². The summed E-state index contributed by atoms with van der Waals surface area (Å²) in [5.74, 6) is 0.662. The molecule has 0 spiro atoms. The third-order valence-electron chi connectivity index (χ3n) is 3.65. The first kappa shape index (κ1) is 13.8. The van der Waals surface area contributed by atoms with Crippen LogP contribution in [0.25, 0.3) is 6.08 Å². The number of allylic oxidation sites excluding steroid dienone is 1. The van der Waals surface area contributed by atoms with E-state index in [9.17, 15) is 4.79 Å². The Kier molecular flexibility index (Phi) is 4.72. The highest BCUT2D eigenvalue weighted by atomic mass is 16.2. The highest BCUT2D eigenvalue weighted by molar-refractivity contribution is 5.96. The minimum absolute atomic E-state index is 0.0106. The molecule has 1 amide bonds. The summed E-state index contributed by atoms with van der Waals surface area (Å²) >= 11 is 0. The maximum atomic E-state index is 12.1. The number of pyridine rings is 1. The SMILES string of the molecule is CN(C)C(=O)c1cccnc1/C=C/C1CCCCC1. The molecular formula is C16H22N2O. The van der Waals surface area contributed by atoms with Crippen LogP contribution in [0.3, 0.4) is 0 Å². The van der Waals surface area contributed by atoms with E-state index in [1.165, 1.54) is 32.1 Å². The van der Waals surface area contributed by atoms with Gasteiger partial charge in [0, 0.05) is 20.3 Å². The van der Waals surface area contributed by atoms with E-state index in [-0.39, 0.29) is 5.91 Å². The molecule has 1 aliphatic carbocycles. The average molecular weight is 258 g/mol. The molecule has 3 heteroatoms. The van der Waals surface area contributed by atoms with Crippen molar-refractivity contribution in [2.24, 2.45) is 5.92 Å². The van der Waals surface area contributed by atoms with Gasteiger partial charge < -0.3 is 4.90 Å². The first-order valence-electron chi connectivity index (χ1n) is 7.03. The maximum Gasteiger partial charge on any atom is 0.255 e. The van der Waals surface area contributed by atoms with Gasteiger partial charge in [-0.3, -0.25) is 9.78 Å². The third-order valence-corrected chi connectivity index (χ3v) is 3.65. The van der Waals surface area contributed by atoms with Gasteiger partial charge in [0.2, 0.25) is 0 Å². The van der Waals surface area contributed by atoms with E-state index in [0.717, 1.165) is 5.69 Å². The van der Waals surface area contributed by atoms with Crippen LogP contribution in [0.15, 0.2) is 24.4 Å². The highest BCUT2D eigenvalue weighted by Gasteiger charge is 2.13. The predicted octanol–water partition coefficient (Wildman–Crippen LogP) is 3.38. The number of carbonyl (C=O) groups is 1. The highest BCUT2D eigenvalue weighted by Crippen LogP contribution is 2.25. The van der Waals surface area contributed by atoms with Crippen LogP contribution in [0.2, 0.25) is 0 Å². The summed E-state index contributed by atoms with van der Waals surface area (Å²) in [6.45, 7) is 0. The summed E-state index contributed by atoms with van der Waals surface area (Å²) in [6, 6.07) is 3.66. The van der Waals surface area contributed by atoms with Crippen molar-refractivity contribution in [2.45, 2.75) is 32.1 Å². The number of amides is 1.